The van der Waals surface area contributed by atoms with E-state index in [2.05, 4.69) is 10.6 Å². The lowest BCUT2D eigenvalue weighted by Gasteiger charge is -2.22. The molecule has 0 spiro atoms. The molecule has 0 aliphatic heterocycles. The van der Waals surface area contributed by atoms with E-state index in [-0.39, 0.29) is 36.5 Å². The number of hydrogen-bond donors (Lipinski definition) is 2. The van der Waals surface area contributed by atoms with E-state index >= 15 is 0 Å². The lowest BCUT2D eigenvalue weighted by Crippen LogP contribution is -2.19. The van der Waals surface area contributed by atoms with Crippen molar-refractivity contribution >= 4 is 59.1 Å². The molecule has 0 fully saturated rings. The number of carbonyl (C=O) groups excluding carboxylic acids is 6. The summed E-state index contributed by atoms with van der Waals surface area (Å²) in [5.41, 5.74) is 6.32. The number of aryl methyl sites for hydroxylation is 4. The average Bonchev–Trinajstić information content (AvgIpc) is 3.29. The molecule has 0 aliphatic carbocycles. The first-order valence-corrected chi connectivity index (χ1v) is 23.2. The summed E-state index contributed by atoms with van der Waals surface area (Å²) >= 11 is 0. The Labute approximate surface area is 385 Å². The van der Waals surface area contributed by atoms with Crippen molar-refractivity contribution in [2.24, 2.45) is 0 Å². The minimum absolute atomic E-state index is 0.00263. The van der Waals surface area contributed by atoms with Gasteiger partial charge >= 0.3 is 19.3 Å². The van der Waals surface area contributed by atoms with E-state index < -0.39 is 42.6 Å². The van der Waals surface area contributed by atoms with Gasteiger partial charge in [0.25, 0.3) is 5.52 Å². The van der Waals surface area contributed by atoms with Crippen LogP contribution in [0.4, 0.5) is 11.4 Å². The van der Waals surface area contributed by atoms with Crippen LogP contribution in [0.5, 0.6) is 0 Å². The highest BCUT2D eigenvalue weighted by Crippen LogP contribution is 2.50. The maximum Gasteiger partial charge on any atom is 0.330 e. The lowest BCUT2D eigenvalue weighted by molar-refractivity contribution is -0.140. The third-order valence-electron chi connectivity index (χ3n) is 10.9. The number of nitrogens with one attached hydrogen (secondary N) is 2. The van der Waals surface area contributed by atoms with Crippen molar-refractivity contribution in [2.75, 3.05) is 30.5 Å². The molecular formula is C53H55N2O10P. The molecule has 0 saturated heterocycles. The van der Waals surface area contributed by atoms with Gasteiger partial charge in [0.2, 0.25) is 11.8 Å². The molecule has 5 rings (SSSR count). The average molecular weight is 911 g/mol. The van der Waals surface area contributed by atoms with Crippen molar-refractivity contribution < 1.29 is 47.3 Å². The van der Waals surface area contributed by atoms with Gasteiger partial charge in [0.05, 0.1) is 25.7 Å². The second-order valence-corrected chi connectivity index (χ2v) is 18.0. The molecule has 0 saturated carbocycles. The molecule has 1 atom stereocenters. The first-order valence-electron chi connectivity index (χ1n) is 21.6. The van der Waals surface area contributed by atoms with Crippen LogP contribution in [0.25, 0.3) is 0 Å². The summed E-state index contributed by atoms with van der Waals surface area (Å²) in [6.07, 6.45) is 4.75. The number of ketones is 1. The molecule has 5 aromatic carbocycles. The van der Waals surface area contributed by atoms with Crippen molar-refractivity contribution in [3.8, 4) is 0 Å². The summed E-state index contributed by atoms with van der Waals surface area (Å²) in [6.45, 7) is 12.3. The maximum atomic E-state index is 14.3. The molecule has 66 heavy (non-hydrogen) atoms. The third kappa shape index (κ3) is 12.4. The molecule has 2 amide bonds. The molecule has 12 nitrogen and oxygen atoms in total. The molecule has 0 heterocycles. The SMILES string of the molecule is CCOP(=O)(C(=O)c1c(C)cc(C)c(NC(=O)/C=C/C(=O)OCCCCOC(=O)/C=C/C(=O)Nc2c(C)cc(C)c(C(=O)C(c3ccccc3)c3ccccc3)c2C)c1C)c1ccccc1. The predicted molar refractivity (Wildman–Crippen MR) is 257 cm³/mol. The number of unbranched alkanes of at least 4 members (excludes halogenated alkanes) is 1. The number of hydrogen-bond acceptors (Lipinski definition) is 10. The summed E-state index contributed by atoms with van der Waals surface area (Å²) in [4.78, 5) is 78.9. The topological polar surface area (TPSA) is 171 Å². The van der Waals surface area contributed by atoms with Crippen LogP contribution in [0.15, 0.2) is 127 Å². The quantitative estimate of drug-likeness (QED) is 0.0252. The Morgan fingerprint density at radius 2 is 0.970 bits per heavy atom. The lowest BCUT2D eigenvalue weighted by atomic mass is 9.81. The minimum Gasteiger partial charge on any atom is -0.463 e. The molecule has 5 aromatic rings. The third-order valence-corrected chi connectivity index (χ3v) is 13.2. The van der Waals surface area contributed by atoms with Gasteiger partial charge in [0.15, 0.2) is 5.78 Å². The molecule has 1 unspecified atom stereocenters. The van der Waals surface area contributed by atoms with Crippen molar-refractivity contribution in [2.45, 2.75) is 67.2 Å². The van der Waals surface area contributed by atoms with Crippen LogP contribution in [-0.4, -0.2) is 54.9 Å². The Morgan fingerprint density at radius 1 is 0.561 bits per heavy atom. The van der Waals surface area contributed by atoms with Crippen molar-refractivity contribution in [1.29, 1.82) is 0 Å². The van der Waals surface area contributed by atoms with Gasteiger partial charge in [0.1, 0.15) is 0 Å². The fourth-order valence-electron chi connectivity index (χ4n) is 7.86. The van der Waals surface area contributed by atoms with Gasteiger partial charge in [-0.1, -0.05) is 91.0 Å². The smallest absolute Gasteiger partial charge is 0.330 e. The Balaban J connectivity index is 1.09. The first-order chi connectivity index (χ1) is 31.6. The zero-order valence-electron chi connectivity index (χ0n) is 38.3. The number of benzene rings is 5. The number of amides is 2. The largest absolute Gasteiger partial charge is 0.463 e. The highest BCUT2D eigenvalue weighted by molar-refractivity contribution is 7.83. The number of esters is 2. The monoisotopic (exact) mass is 910 g/mol. The standard InChI is InChI=1S/C53H55N2O10P/c1-8-65-66(62,42-24-16-11-17-25-42)53(61)48-35(3)33-37(5)51(39(48)7)55-44(57)27-29-46(59)64-31-19-18-30-63-45(58)28-26-43(56)54-50-36(4)32-34(2)47(38(50)6)52(60)49(40-20-12-9-13-21-40)41-22-14-10-15-23-41/h9-17,20-29,32-33,49H,8,18-19,30-31H2,1-7H3,(H,54,56)(H,55,57)/b28-26+,29-27+. The van der Waals surface area contributed by atoms with E-state index in [0.717, 1.165) is 46.6 Å². The Hall–Kier alpha value is -7.01. The summed E-state index contributed by atoms with van der Waals surface area (Å²) in [6, 6.07) is 31.0. The van der Waals surface area contributed by atoms with E-state index in [0.29, 0.717) is 52.0 Å². The second kappa shape index (κ2) is 23.3. The normalized spacial score (nSPS) is 12.2. The highest BCUT2D eigenvalue weighted by atomic mass is 31.2. The molecule has 0 aliphatic rings. The fourth-order valence-corrected chi connectivity index (χ4v) is 9.93. The number of carbonyl (C=O) groups is 6. The van der Waals surface area contributed by atoms with Gasteiger partial charge in [-0.25, -0.2) is 9.59 Å². The van der Waals surface area contributed by atoms with Gasteiger partial charge < -0.3 is 24.6 Å². The van der Waals surface area contributed by atoms with E-state index in [4.69, 9.17) is 14.0 Å². The summed E-state index contributed by atoms with van der Waals surface area (Å²) in [5, 5.41) is 5.83. The number of anilines is 2. The van der Waals surface area contributed by atoms with Gasteiger partial charge in [-0.2, -0.15) is 0 Å². The molecule has 13 heteroatoms. The van der Waals surface area contributed by atoms with Crippen LogP contribution >= 0.6 is 7.37 Å². The zero-order valence-corrected chi connectivity index (χ0v) is 39.2. The molecule has 0 aromatic heterocycles. The van der Waals surface area contributed by atoms with E-state index in [1.165, 1.54) is 0 Å². The zero-order chi connectivity index (χ0) is 48.0. The van der Waals surface area contributed by atoms with E-state index in [1.807, 2.05) is 80.6 Å². The van der Waals surface area contributed by atoms with Gasteiger partial charge in [-0.3, -0.25) is 23.7 Å². The van der Waals surface area contributed by atoms with Gasteiger partial charge in [-0.15, -0.1) is 0 Å². The van der Waals surface area contributed by atoms with Gasteiger partial charge in [-0.05, 0) is 118 Å². The molecule has 342 valence electrons. The second-order valence-electron chi connectivity index (χ2n) is 15.7. The molecule has 2 N–H and O–H groups in total. The highest BCUT2D eigenvalue weighted by Gasteiger charge is 2.38. The van der Waals surface area contributed by atoms with Crippen molar-refractivity contribution in [1.82, 2.24) is 0 Å². The Bertz CT molecular complexity index is 2670. The summed E-state index contributed by atoms with van der Waals surface area (Å²) in [5.74, 6) is -3.39. The van der Waals surface area contributed by atoms with E-state index in [1.54, 1.807) is 71.0 Å². The minimum atomic E-state index is -3.98. The fraction of sp³-hybridized carbons (Fsp3) is 0.245. The Morgan fingerprint density at radius 3 is 1.41 bits per heavy atom. The van der Waals surface area contributed by atoms with Crippen LogP contribution in [-0.2, 0) is 37.7 Å². The molecule has 0 radical (unpaired) electrons. The number of Topliss-reactive ketones (excluding diaryl/α,β-unsaturated/α-hetero) is 1. The van der Waals surface area contributed by atoms with E-state index in [9.17, 15) is 33.3 Å². The maximum absolute atomic E-state index is 14.3. The molecule has 0 bridgehead atoms. The Kier molecular flexibility index (Phi) is 17.6. The summed E-state index contributed by atoms with van der Waals surface area (Å²) < 4.78 is 30.0. The van der Waals surface area contributed by atoms with Crippen LogP contribution in [0.3, 0.4) is 0 Å². The van der Waals surface area contributed by atoms with Crippen LogP contribution in [0.1, 0.15) is 90.9 Å². The van der Waals surface area contributed by atoms with Crippen LogP contribution in [0, 0.1) is 41.5 Å². The first kappa shape index (κ1) is 50.0. The number of rotatable bonds is 20. The molecular weight excluding hydrogens is 856 g/mol. The van der Waals surface area contributed by atoms with Crippen molar-refractivity contribution in [3.05, 3.63) is 183 Å². The predicted octanol–water partition coefficient (Wildman–Crippen LogP) is 9.89. The van der Waals surface area contributed by atoms with Crippen LogP contribution < -0.4 is 15.9 Å². The summed E-state index contributed by atoms with van der Waals surface area (Å²) in [7, 11) is -3.98. The van der Waals surface area contributed by atoms with Crippen molar-refractivity contribution in [3.63, 3.8) is 0 Å². The number of ether oxygens (including phenoxy) is 2. The van der Waals surface area contributed by atoms with Gasteiger partial charge in [0, 0.05) is 52.1 Å². The van der Waals surface area contributed by atoms with Crippen LogP contribution in [0.2, 0.25) is 0 Å².